The predicted molar refractivity (Wildman–Crippen MR) is 255 cm³/mol. The number of ketones is 1. The molecule has 0 bridgehead atoms. The second-order valence-electron chi connectivity index (χ2n) is 14.0. The Hall–Kier alpha value is -5.31. The maximum atomic E-state index is 12.0. The third-order valence-corrected chi connectivity index (χ3v) is 10.5. The van der Waals surface area contributed by atoms with Crippen LogP contribution in [0.2, 0.25) is 0 Å². The van der Waals surface area contributed by atoms with Crippen molar-refractivity contribution in [1.82, 2.24) is 0 Å². The minimum Gasteiger partial charge on any atom is -0.395 e. The Morgan fingerprint density at radius 2 is 1.02 bits per heavy atom. The van der Waals surface area contributed by atoms with E-state index >= 15 is 0 Å². The summed E-state index contributed by atoms with van der Waals surface area (Å²) in [6.45, 7) is 15.5. The summed E-state index contributed by atoms with van der Waals surface area (Å²) in [7, 11) is 0. The van der Waals surface area contributed by atoms with Gasteiger partial charge in [-0.25, -0.2) is 0 Å². The first kappa shape index (κ1) is 47.4. The van der Waals surface area contributed by atoms with Gasteiger partial charge in [0.25, 0.3) is 0 Å². The summed E-state index contributed by atoms with van der Waals surface area (Å²) in [4.78, 5) is 16.5. The Labute approximate surface area is 367 Å². The summed E-state index contributed by atoms with van der Waals surface area (Å²) in [5, 5.41) is 9.60. The molecular weight excluding hydrogens is 808 g/mol. The number of hydrogen-bond acceptors (Lipinski definition) is 6. The van der Waals surface area contributed by atoms with E-state index in [2.05, 4.69) is 119 Å². The van der Waals surface area contributed by atoms with Crippen molar-refractivity contribution in [2.45, 2.75) is 38.6 Å². The Balaban J connectivity index is 0.000000202. The van der Waals surface area contributed by atoms with Crippen molar-refractivity contribution in [3.05, 3.63) is 210 Å². The number of alkyl halides is 1. The average Bonchev–Trinajstić information content (AvgIpc) is 3.93. The van der Waals surface area contributed by atoms with Gasteiger partial charge in [0, 0.05) is 67.2 Å². The first-order valence-corrected chi connectivity index (χ1v) is 22.0. The molecule has 7 rings (SSSR count). The van der Waals surface area contributed by atoms with Crippen molar-refractivity contribution in [1.29, 1.82) is 0 Å². The Bertz CT molecular complexity index is 2020. The molecule has 0 unspecified atom stereocenters. The number of para-hydroxylation sites is 2. The van der Waals surface area contributed by atoms with E-state index in [4.69, 9.17) is 14.6 Å². The molecule has 0 saturated carbocycles. The molecule has 0 radical (unpaired) electrons. The number of carbonyl (C=O) groups excluding carboxylic acids is 1. The van der Waals surface area contributed by atoms with Gasteiger partial charge in [-0.2, -0.15) is 0 Å². The van der Waals surface area contributed by atoms with Crippen molar-refractivity contribution in [3.63, 3.8) is 0 Å². The van der Waals surface area contributed by atoms with Crippen molar-refractivity contribution in [2.24, 2.45) is 0 Å². The van der Waals surface area contributed by atoms with Gasteiger partial charge in [-0.15, -0.1) is 0 Å². The highest BCUT2D eigenvalue weighted by atomic mass is 79.9. The van der Waals surface area contributed by atoms with Crippen molar-refractivity contribution in [2.75, 3.05) is 62.4 Å². The number of benzene rings is 6. The number of carbonyl (C=O) groups is 1. The van der Waals surface area contributed by atoms with Crippen molar-refractivity contribution >= 4 is 38.7 Å². The van der Waals surface area contributed by atoms with Crippen LogP contribution in [0.5, 0.6) is 0 Å². The molecule has 60 heavy (non-hydrogen) atoms. The summed E-state index contributed by atoms with van der Waals surface area (Å²) < 4.78 is 10.8. The number of nitrogens with zero attached hydrogens (tertiary/aromatic N) is 2. The summed E-state index contributed by atoms with van der Waals surface area (Å²) >= 11 is 3.38. The van der Waals surface area contributed by atoms with Crippen LogP contribution in [0.3, 0.4) is 0 Å². The molecule has 1 fully saturated rings. The molecule has 6 aromatic carbocycles. The number of anilines is 2. The van der Waals surface area contributed by atoms with Crippen LogP contribution in [-0.4, -0.2) is 63.5 Å². The zero-order chi connectivity index (χ0) is 42.6. The second-order valence-corrected chi connectivity index (χ2v) is 14.6. The van der Waals surface area contributed by atoms with Crippen molar-refractivity contribution < 1.29 is 19.4 Å². The highest BCUT2D eigenvalue weighted by Crippen LogP contribution is 2.22. The molecule has 1 aliphatic rings. The van der Waals surface area contributed by atoms with E-state index in [9.17, 15) is 4.79 Å². The first-order valence-electron chi connectivity index (χ1n) is 20.9. The Morgan fingerprint density at radius 1 is 0.600 bits per heavy atom. The van der Waals surface area contributed by atoms with Crippen LogP contribution < -0.4 is 9.80 Å². The molecule has 1 N–H and O–H groups in total. The van der Waals surface area contributed by atoms with Crippen LogP contribution >= 0.6 is 15.9 Å². The average molecular weight is 870 g/mol. The first-order chi connectivity index (χ1) is 29.5. The normalized spacial score (nSPS) is 11.4. The van der Waals surface area contributed by atoms with Gasteiger partial charge in [-0.1, -0.05) is 168 Å². The van der Waals surface area contributed by atoms with Crippen LogP contribution in [0.4, 0.5) is 11.4 Å². The molecule has 0 atom stereocenters. The Morgan fingerprint density at radius 3 is 1.47 bits per heavy atom. The minimum atomic E-state index is 0.0710. The highest BCUT2D eigenvalue weighted by molar-refractivity contribution is 9.08. The quantitative estimate of drug-likeness (QED) is 0.0594. The van der Waals surface area contributed by atoms with E-state index < -0.39 is 0 Å². The van der Waals surface area contributed by atoms with Crippen LogP contribution in [-0.2, 0) is 21.4 Å². The monoisotopic (exact) mass is 868 g/mol. The van der Waals surface area contributed by atoms with Gasteiger partial charge in [0.1, 0.15) is 0 Å². The Kier molecular flexibility index (Phi) is 22.3. The molecule has 314 valence electrons. The van der Waals surface area contributed by atoms with Crippen LogP contribution in [0, 0.1) is 0 Å². The maximum Gasteiger partial charge on any atom is 0.193 e. The van der Waals surface area contributed by atoms with Gasteiger partial charge < -0.3 is 24.4 Å². The van der Waals surface area contributed by atoms with E-state index in [1.807, 2.05) is 97.1 Å². The number of rotatable bonds is 16. The molecule has 0 aromatic heterocycles. The van der Waals surface area contributed by atoms with Gasteiger partial charge in [0.2, 0.25) is 0 Å². The second kappa shape index (κ2) is 28.2. The summed E-state index contributed by atoms with van der Waals surface area (Å²) in [5.41, 5.74) is 9.58. The molecule has 1 saturated heterocycles. The van der Waals surface area contributed by atoms with Crippen LogP contribution in [0.15, 0.2) is 176 Å². The third kappa shape index (κ3) is 16.7. The summed E-state index contributed by atoms with van der Waals surface area (Å²) in [5.74, 6) is 0.0710. The lowest BCUT2D eigenvalue weighted by molar-refractivity contribution is 0.103. The molecule has 6 nitrogen and oxygen atoms in total. The summed E-state index contributed by atoms with van der Waals surface area (Å²) in [6.07, 6.45) is 2.56. The van der Waals surface area contributed by atoms with E-state index in [-0.39, 0.29) is 12.4 Å². The predicted octanol–water partition coefficient (Wildman–Crippen LogP) is 11.9. The third-order valence-electron chi connectivity index (χ3n) is 9.81. The molecule has 1 heterocycles. The topological polar surface area (TPSA) is 62.2 Å². The SMILES string of the molecule is C1CCOC1.C=C(c1ccccc1)c1ccc(COCCN(CC)c2ccccc2)cc1.CCN(CCO)c1ccccc1.O=C(c1ccccc1)c1ccc(CBr)cc1. The fourth-order valence-corrected chi connectivity index (χ4v) is 6.70. The number of likely N-dealkylation sites (N-methyl/N-ethyl adjacent to an activating group) is 2. The van der Waals surface area contributed by atoms with E-state index in [0.717, 1.165) is 66.0 Å². The number of halogens is 1. The lowest BCUT2D eigenvalue weighted by atomic mass is 9.99. The lowest BCUT2D eigenvalue weighted by Crippen LogP contribution is -2.26. The molecule has 1 aliphatic heterocycles. The lowest BCUT2D eigenvalue weighted by Gasteiger charge is -2.22. The van der Waals surface area contributed by atoms with Gasteiger partial charge in [-0.05, 0) is 78.8 Å². The van der Waals surface area contributed by atoms with Crippen LogP contribution in [0.1, 0.15) is 64.9 Å². The van der Waals surface area contributed by atoms with Gasteiger partial charge in [0.05, 0.1) is 19.8 Å². The van der Waals surface area contributed by atoms with E-state index in [1.165, 1.54) is 35.3 Å². The highest BCUT2D eigenvalue weighted by Gasteiger charge is 2.08. The van der Waals surface area contributed by atoms with Crippen LogP contribution in [0.25, 0.3) is 5.57 Å². The number of aliphatic hydroxyl groups excluding tert-OH is 1. The van der Waals surface area contributed by atoms with E-state index in [1.54, 1.807) is 0 Å². The largest absolute Gasteiger partial charge is 0.395 e. The fraction of sp³-hybridized carbons (Fsp3) is 0.264. The fourth-order valence-electron chi connectivity index (χ4n) is 6.32. The smallest absolute Gasteiger partial charge is 0.193 e. The zero-order valence-corrected chi connectivity index (χ0v) is 36.9. The molecular formula is C53H61BrN2O4. The maximum absolute atomic E-state index is 12.0. The van der Waals surface area contributed by atoms with Crippen molar-refractivity contribution in [3.8, 4) is 0 Å². The molecule has 6 aromatic rings. The number of hydrogen-bond donors (Lipinski definition) is 1. The zero-order valence-electron chi connectivity index (χ0n) is 35.3. The minimum absolute atomic E-state index is 0.0710. The number of ether oxygens (including phenoxy) is 2. The molecule has 7 heteroatoms. The molecule has 0 aliphatic carbocycles. The standard InChI is InChI=1S/C25H27NO.C14H11BrO.C10H15NO.C4H8O/c1-3-26(25-12-8-5-9-13-25)18-19-27-20-22-14-16-24(17-15-22)21(2)23-10-6-4-7-11-23;15-10-11-6-8-13(9-7-11)14(16)12-4-2-1-3-5-12;1-2-11(8-9-12)10-6-4-3-5-7-10;1-2-4-5-3-1/h4-17H,2-3,18-20H2,1H3;1-9H,10H2;3-7,12H,2,8-9H2,1H3;1-4H2. The molecule has 0 amide bonds. The van der Waals surface area contributed by atoms with E-state index in [0.29, 0.717) is 19.8 Å². The van der Waals surface area contributed by atoms with Gasteiger partial charge >= 0.3 is 0 Å². The molecule has 0 spiro atoms. The summed E-state index contributed by atoms with van der Waals surface area (Å²) in [6, 6.07) is 56.4. The van der Waals surface area contributed by atoms with Gasteiger partial charge in [0.15, 0.2) is 5.78 Å². The van der Waals surface area contributed by atoms with Gasteiger partial charge in [-0.3, -0.25) is 4.79 Å². The number of aliphatic hydroxyl groups is 1.